The van der Waals surface area contributed by atoms with Gasteiger partial charge in [0.2, 0.25) is 0 Å². The van der Waals surface area contributed by atoms with Crippen molar-refractivity contribution in [1.82, 2.24) is 25.3 Å². The minimum atomic E-state index is 0. The van der Waals surface area contributed by atoms with Gasteiger partial charge < -0.3 is 19.7 Å². The maximum Gasteiger partial charge on any atom is 0.194 e. The van der Waals surface area contributed by atoms with Gasteiger partial charge in [0.15, 0.2) is 11.7 Å². The number of benzene rings is 1. The Kier molecular flexibility index (Phi) is 7.19. The van der Waals surface area contributed by atoms with E-state index < -0.39 is 0 Å². The minimum absolute atomic E-state index is 0. The summed E-state index contributed by atoms with van der Waals surface area (Å²) in [6.07, 6.45) is 1.85. The molecule has 8 heteroatoms. The Morgan fingerprint density at radius 1 is 1.31 bits per heavy atom. The SMILES string of the molecule is CN=C(NCc1cc(C)no1)N(C)Cc1ncc(-c2ccccc2)[nH]1.I. The number of halogens is 1. The van der Waals surface area contributed by atoms with Gasteiger partial charge in [-0.05, 0) is 12.5 Å². The van der Waals surface area contributed by atoms with Crippen molar-refractivity contribution in [3.63, 3.8) is 0 Å². The number of hydrogen-bond acceptors (Lipinski definition) is 4. The van der Waals surface area contributed by atoms with Crippen LogP contribution in [0.5, 0.6) is 0 Å². The fourth-order valence-corrected chi connectivity index (χ4v) is 2.56. The summed E-state index contributed by atoms with van der Waals surface area (Å²) in [4.78, 5) is 14.1. The predicted molar refractivity (Wildman–Crippen MR) is 112 cm³/mol. The van der Waals surface area contributed by atoms with E-state index in [9.17, 15) is 0 Å². The molecule has 0 unspecified atom stereocenters. The molecular weight excluding hydrogens is 443 g/mol. The highest BCUT2D eigenvalue weighted by molar-refractivity contribution is 14.0. The van der Waals surface area contributed by atoms with Gasteiger partial charge in [0.25, 0.3) is 0 Å². The second-order valence-corrected chi connectivity index (χ2v) is 5.80. The first-order valence-electron chi connectivity index (χ1n) is 8.09. The van der Waals surface area contributed by atoms with Crippen LogP contribution >= 0.6 is 24.0 Å². The summed E-state index contributed by atoms with van der Waals surface area (Å²) in [6.45, 7) is 3.04. The molecule has 0 aliphatic rings. The summed E-state index contributed by atoms with van der Waals surface area (Å²) >= 11 is 0. The van der Waals surface area contributed by atoms with E-state index in [1.165, 1.54) is 0 Å². The summed E-state index contributed by atoms with van der Waals surface area (Å²) in [5.41, 5.74) is 2.99. The van der Waals surface area contributed by atoms with E-state index in [1.807, 2.05) is 49.3 Å². The monoisotopic (exact) mass is 466 g/mol. The van der Waals surface area contributed by atoms with Gasteiger partial charge in [0, 0.05) is 20.2 Å². The molecule has 0 atom stereocenters. The molecule has 3 aromatic rings. The van der Waals surface area contributed by atoms with Crippen LogP contribution in [-0.2, 0) is 13.1 Å². The highest BCUT2D eigenvalue weighted by Crippen LogP contribution is 2.16. The number of guanidine groups is 1. The van der Waals surface area contributed by atoms with Crippen LogP contribution in [-0.4, -0.2) is 40.1 Å². The number of imidazole rings is 1. The maximum absolute atomic E-state index is 5.20. The topological polar surface area (TPSA) is 82.3 Å². The molecule has 2 N–H and O–H groups in total. The Labute approximate surface area is 169 Å². The van der Waals surface area contributed by atoms with Gasteiger partial charge in [-0.2, -0.15) is 0 Å². The second kappa shape index (κ2) is 9.37. The Morgan fingerprint density at radius 2 is 2.08 bits per heavy atom. The molecule has 7 nitrogen and oxygen atoms in total. The van der Waals surface area contributed by atoms with E-state index >= 15 is 0 Å². The van der Waals surface area contributed by atoms with Crippen LogP contribution in [0.4, 0.5) is 0 Å². The first-order chi connectivity index (χ1) is 12.2. The smallest absolute Gasteiger partial charge is 0.194 e. The van der Waals surface area contributed by atoms with Crippen LogP contribution in [0.1, 0.15) is 17.3 Å². The van der Waals surface area contributed by atoms with Gasteiger partial charge >= 0.3 is 0 Å². The second-order valence-electron chi connectivity index (χ2n) is 5.80. The van der Waals surface area contributed by atoms with Gasteiger partial charge in [-0.1, -0.05) is 35.5 Å². The third kappa shape index (κ3) is 5.07. The van der Waals surface area contributed by atoms with Crippen molar-refractivity contribution in [3.05, 3.63) is 59.9 Å². The number of aromatic amines is 1. The fourth-order valence-electron chi connectivity index (χ4n) is 2.56. The summed E-state index contributed by atoms with van der Waals surface area (Å²) < 4.78 is 5.20. The predicted octanol–water partition coefficient (Wildman–Crippen LogP) is 3.20. The number of aliphatic imine (C=N–C) groups is 1. The fraction of sp³-hybridized carbons (Fsp3) is 0.278. The molecule has 0 spiro atoms. The van der Waals surface area contributed by atoms with Gasteiger partial charge in [0.1, 0.15) is 5.82 Å². The highest BCUT2D eigenvalue weighted by atomic mass is 127. The number of aromatic nitrogens is 3. The quantitative estimate of drug-likeness (QED) is 0.343. The minimum Gasteiger partial charge on any atom is -0.359 e. The van der Waals surface area contributed by atoms with Gasteiger partial charge in [-0.15, -0.1) is 24.0 Å². The maximum atomic E-state index is 5.20. The molecular formula is C18H23IN6O. The number of nitrogens with one attached hydrogen (secondary N) is 2. The molecule has 26 heavy (non-hydrogen) atoms. The first kappa shape index (κ1) is 20.0. The van der Waals surface area contributed by atoms with Gasteiger partial charge in [-0.25, -0.2) is 4.98 Å². The number of H-pyrrole nitrogens is 1. The third-order valence-electron chi connectivity index (χ3n) is 3.77. The first-order valence-corrected chi connectivity index (χ1v) is 8.09. The lowest BCUT2D eigenvalue weighted by molar-refractivity contribution is 0.372. The standard InChI is InChI=1S/C18H22N6O.HI/c1-13-9-15(25-23-13)10-21-18(19-2)24(3)12-17-20-11-16(22-17)14-7-5-4-6-8-14;/h4-9,11H,10,12H2,1-3H3,(H,19,21)(H,20,22);1H. The molecule has 0 amide bonds. The average Bonchev–Trinajstić information content (AvgIpc) is 3.25. The third-order valence-corrected chi connectivity index (χ3v) is 3.77. The molecule has 0 aliphatic heterocycles. The van der Waals surface area contributed by atoms with Crippen molar-refractivity contribution in [2.45, 2.75) is 20.0 Å². The Balaban J connectivity index is 0.00000243. The lowest BCUT2D eigenvalue weighted by atomic mass is 10.2. The van der Waals surface area contributed by atoms with Crippen molar-refractivity contribution in [1.29, 1.82) is 0 Å². The van der Waals surface area contributed by atoms with Crippen LogP contribution in [0.2, 0.25) is 0 Å². The number of aryl methyl sites for hydroxylation is 1. The van der Waals surface area contributed by atoms with Crippen molar-refractivity contribution >= 4 is 29.9 Å². The van der Waals surface area contributed by atoms with Crippen molar-refractivity contribution in [2.24, 2.45) is 4.99 Å². The molecule has 0 saturated heterocycles. The van der Waals surface area contributed by atoms with Crippen LogP contribution in [0, 0.1) is 6.92 Å². The van der Waals surface area contributed by atoms with Crippen LogP contribution in [0.15, 0.2) is 52.1 Å². The lowest BCUT2D eigenvalue weighted by Crippen LogP contribution is -2.38. The Morgan fingerprint density at radius 3 is 2.73 bits per heavy atom. The largest absolute Gasteiger partial charge is 0.359 e. The zero-order chi connectivity index (χ0) is 17.6. The summed E-state index contributed by atoms with van der Waals surface area (Å²) in [6, 6.07) is 12.0. The molecule has 2 aromatic heterocycles. The van der Waals surface area contributed by atoms with Gasteiger partial charge in [0.05, 0.1) is 30.7 Å². The molecule has 2 heterocycles. The van der Waals surface area contributed by atoms with E-state index in [0.29, 0.717) is 13.1 Å². The number of hydrogen-bond donors (Lipinski definition) is 2. The number of rotatable bonds is 5. The van der Waals surface area contributed by atoms with Crippen LogP contribution in [0.25, 0.3) is 11.3 Å². The molecule has 0 aliphatic carbocycles. The summed E-state index contributed by atoms with van der Waals surface area (Å²) in [5.74, 6) is 2.41. The van der Waals surface area contributed by atoms with Crippen molar-refractivity contribution < 1.29 is 4.52 Å². The summed E-state index contributed by atoms with van der Waals surface area (Å²) in [7, 11) is 3.72. The van der Waals surface area contributed by atoms with E-state index in [4.69, 9.17) is 4.52 Å². The Hall–Kier alpha value is -2.36. The number of nitrogens with zero attached hydrogens (tertiary/aromatic N) is 4. The molecule has 3 rings (SSSR count). The molecule has 0 fully saturated rings. The van der Waals surface area contributed by atoms with Gasteiger partial charge in [-0.3, -0.25) is 4.99 Å². The van der Waals surface area contributed by atoms with Crippen LogP contribution in [0.3, 0.4) is 0 Å². The molecule has 1 aromatic carbocycles. The van der Waals surface area contributed by atoms with E-state index in [2.05, 4.69) is 37.6 Å². The van der Waals surface area contributed by atoms with Crippen molar-refractivity contribution in [2.75, 3.05) is 14.1 Å². The summed E-state index contributed by atoms with van der Waals surface area (Å²) in [5, 5.41) is 7.14. The molecule has 138 valence electrons. The molecule has 0 bridgehead atoms. The lowest BCUT2D eigenvalue weighted by Gasteiger charge is -2.20. The normalized spacial score (nSPS) is 11.1. The molecule has 0 saturated carbocycles. The van der Waals surface area contributed by atoms with E-state index in [0.717, 1.165) is 34.5 Å². The zero-order valence-corrected chi connectivity index (χ0v) is 17.4. The van der Waals surface area contributed by atoms with E-state index in [-0.39, 0.29) is 24.0 Å². The van der Waals surface area contributed by atoms with Crippen LogP contribution < -0.4 is 5.32 Å². The highest BCUT2D eigenvalue weighted by Gasteiger charge is 2.11. The Bertz CT molecular complexity index is 842. The molecule has 0 radical (unpaired) electrons. The van der Waals surface area contributed by atoms with E-state index in [1.54, 1.807) is 7.05 Å². The zero-order valence-electron chi connectivity index (χ0n) is 15.1. The van der Waals surface area contributed by atoms with Crippen molar-refractivity contribution in [3.8, 4) is 11.3 Å². The average molecular weight is 466 g/mol.